The summed E-state index contributed by atoms with van der Waals surface area (Å²) in [5.41, 5.74) is 1.89. The number of hydrogen-bond acceptors (Lipinski definition) is 3. The molecule has 20 heavy (non-hydrogen) atoms. The van der Waals surface area contributed by atoms with Gasteiger partial charge in [-0.05, 0) is 38.1 Å². The molecule has 106 valence electrons. The molecule has 0 amide bonds. The van der Waals surface area contributed by atoms with Gasteiger partial charge < -0.3 is 14.6 Å². The molecule has 0 spiro atoms. The highest BCUT2D eigenvalue weighted by atomic mass is 19.1. The van der Waals surface area contributed by atoms with Crippen molar-refractivity contribution in [1.29, 1.82) is 0 Å². The van der Waals surface area contributed by atoms with Gasteiger partial charge >= 0.3 is 0 Å². The minimum Gasteiger partial charge on any atom is -0.487 e. The van der Waals surface area contributed by atoms with E-state index in [1.165, 1.54) is 25.0 Å². The summed E-state index contributed by atoms with van der Waals surface area (Å²) in [6, 6.07) is 5.19. The first-order valence-corrected chi connectivity index (χ1v) is 6.84. The number of rotatable bonds is 6. The molecule has 0 saturated heterocycles. The lowest BCUT2D eigenvalue weighted by atomic mass is 10.2. The van der Waals surface area contributed by atoms with Crippen molar-refractivity contribution >= 4 is 0 Å². The average molecular weight is 275 g/mol. The molecule has 1 aromatic carbocycles. The van der Waals surface area contributed by atoms with Crippen LogP contribution in [0.25, 0.3) is 0 Å². The molecule has 0 aliphatic heterocycles. The molecule has 2 aromatic rings. The molecule has 0 radical (unpaired) electrons. The van der Waals surface area contributed by atoms with Crippen LogP contribution in [0.4, 0.5) is 4.39 Å². The maximum Gasteiger partial charge on any atom is 0.130 e. The van der Waals surface area contributed by atoms with Gasteiger partial charge in [0.1, 0.15) is 18.2 Å². The molecule has 1 N–H and O–H groups in total. The van der Waals surface area contributed by atoms with E-state index in [0.717, 1.165) is 11.3 Å². The van der Waals surface area contributed by atoms with E-state index in [4.69, 9.17) is 4.74 Å². The average Bonchev–Trinajstić information content (AvgIpc) is 3.17. The van der Waals surface area contributed by atoms with E-state index in [1.54, 1.807) is 6.07 Å². The number of ether oxygens (including phenoxy) is 1. The van der Waals surface area contributed by atoms with Crippen molar-refractivity contribution < 1.29 is 9.13 Å². The van der Waals surface area contributed by atoms with Crippen LogP contribution in [0.5, 0.6) is 5.75 Å². The van der Waals surface area contributed by atoms with E-state index >= 15 is 0 Å². The lowest BCUT2D eigenvalue weighted by molar-refractivity contribution is 0.291. The fourth-order valence-corrected chi connectivity index (χ4v) is 2.29. The van der Waals surface area contributed by atoms with Crippen molar-refractivity contribution in [2.24, 2.45) is 0 Å². The number of imidazole rings is 1. The first-order chi connectivity index (χ1) is 9.78. The van der Waals surface area contributed by atoms with Crippen LogP contribution >= 0.6 is 0 Å². The van der Waals surface area contributed by atoms with Crippen molar-refractivity contribution in [2.45, 2.75) is 32.0 Å². The van der Waals surface area contributed by atoms with Crippen LogP contribution in [0.1, 0.15) is 30.1 Å². The van der Waals surface area contributed by atoms with Crippen LogP contribution in [-0.4, -0.2) is 16.6 Å². The third kappa shape index (κ3) is 2.82. The van der Waals surface area contributed by atoms with Crippen LogP contribution in [0.3, 0.4) is 0 Å². The highest BCUT2D eigenvalue weighted by Gasteiger charge is 2.25. The standard InChI is InChI=1S/C15H18FN3O/c1-17-7-11-6-12(16)2-5-15(11)20-9-14-8-18-10-19(14)13-3-4-13/h2,5-6,8,10,13,17H,3-4,7,9H2,1H3. The van der Waals surface area contributed by atoms with E-state index in [2.05, 4.69) is 14.9 Å². The monoisotopic (exact) mass is 275 g/mol. The lowest BCUT2D eigenvalue weighted by Crippen LogP contribution is -2.09. The van der Waals surface area contributed by atoms with E-state index in [0.29, 0.717) is 24.9 Å². The number of benzene rings is 1. The van der Waals surface area contributed by atoms with Gasteiger partial charge in [-0.3, -0.25) is 0 Å². The smallest absolute Gasteiger partial charge is 0.130 e. The zero-order chi connectivity index (χ0) is 13.9. The molecule has 5 heteroatoms. The predicted molar refractivity (Wildman–Crippen MR) is 74.0 cm³/mol. The molecular weight excluding hydrogens is 257 g/mol. The molecule has 1 saturated carbocycles. The maximum atomic E-state index is 13.3. The minimum atomic E-state index is -0.245. The van der Waals surface area contributed by atoms with Crippen LogP contribution < -0.4 is 10.1 Å². The molecule has 1 aliphatic carbocycles. The number of aromatic nitrogens is 2. The second-order valence-electron chi connectivity index (χ2n) is 5.09. The summed E-state index contributed by atoms with van der Waals surface area (Å²) < 4.78 is 21.3. The fraction of sp³-hybridized carbons (Fsp3) is 0.400. The first kappa shape index (κ1) is 13.1. The van der Waals surface area contributed by atoms with Crippen LogP contribution in [0.15, 0.2) is 30.7 Å². The Hall–Kier alpha value is -1.88. The van der Waals surface area contributed by atoms with Crippen LogP contribution in [0, 0.1) is 5.82 Å². The number of nitrogens with one attached hydrogen (secondary N) is 1. The molecule has 0 unspecified atom stereocenters. The van der Waals surface area contributed by atoms with Crippen molar-refractivity contribution in [2.75, 3.05) is 7.05 Å². The number of hydrogen-bond donors (Lipinski definition) is 1. The van der Waals surface area contributed by atoms with Gasteiger partial charge in [-0.1, -0.05) is 0 Å². The molecule has 0 bridgehead atoms. The van der Waals surface area contributed by atoms with E-state index in [9.17, 15) is 4.39 Å². The Morgan fingerprint density at radius 1 is 1.45 bits per heavy atom. The topological polar surface area (TPSA) is 39.1 Å². The van der Waals surface area contributed by atoms with E-state index in [1.807, 2.05) is 19.6 Å². The second-order valence-corrected chi connectivity index (χ2v) is 5.09. The molecule has 3 rings (SSSR count). The summed E-state index contributed by atoms with van der Waals surface area (Å²) in [6.07, 6.45) is 6.12. The number of halogens is 1. The summed E-state index contributed by atoms with van der Waals surface area (Å²) in [5.74, 6) is 0.468. The van der Waals surface area contributed by atoms with Crippen molar-refractivity contribution in [3.63, 3.8) is 0 Å². The van der Waals surface area contributed by atoms with Crippen molar-refractivity contribution in [3.8, 4) is 5.75 Å². The highest BCUT2D eigenvalue weighted by molar-refractivity contribution is 5.34. The van der Waals surface area contributed by atoms with E-state index < -0.39 is 0 Å². The number of nitrogens with zero attached hydrogens (tertiary/aromatic N) is 2. The van der Waals surface area contributed by atoms with Crippen LogP contribution in [0.2, 0.25) is 0 Å². The Kier molecular flexibility index (Phi) is 3.69. The third-order valence-corrected chi connectivity index (χ3v) is 3.45. The first-order valence-electron chi connectivity index (χ1n) is 6.84. The Morgan fingerprint density at radius 2 is 2.30 bits per heavy atom. The van der Waals surface area contributed by atoms with Gasteiger partial charge in [0.15, 0.2) is 0 Å². The maximum absolute atomic E-state index is 13.3. The second kappa shape index (κ2) is 5.63. The Morgan fingerprint density at radius 3 is 3.05 bits per heavy atom. The van der Waals surface area contributed by atoms with Crippen molar-refractivity contribution in [1.82, 2.24) is 14.9 Å². The van der Waals surface area contributed by atoms with Gasteiger partial charge in [0.05, 0.1) is 18.2 Å². The molecule has 1 heterocycles. The zero-order valence-corrected chi connectivity index (χ0v) is 11.5. The fourth-order valence-electron chi connectivity index (χ4n) is 2.29. The molecule has 0 atom stereocenters. The summed E-state index contributed by atoms with van der Waals surface area (Å²) in [4.78, 5) is 4.18. The normalized spacial score (nSPS) is 14.5. The van der Waals surface area contributed by atoms with Gasteiger partial charge in [0, 0.05) is 18.2 Å². The van der Waals surface area contributed by atoms with Gasteiger partial charge in [-0.15, -0.1) is 0 Å². The van der Waals surface area contributed by atoms with Crippen LogP contribution in [-0.2, 0) is 13.2 Å². The molecular formula is C15H18FN3O. The van der Waals surface area contributed by atoms with E-state index in [-0.39, 0.29) is 5.82 Å². The Bertz CT molecular complexity index is 593. The molecule has 4 nitrogen and oxygen atoms in total. The molecule has 1 fully saturated rings. The Labute approximate surface area is 117 Å². The summed E-state index contributed by atoms with van der Waals surface area (Å²) in [7, 11) is 1.83. The minimum absolute atomic E-state index is 0.245. The quantitative estimate of drug-likeness (QED) is 0.881. The SMILES string of the molecule is CNCc1cc(F)ccc1OCc1cncn1C1CC1. The summed E-state index contributed by atoms with van der Waals surface area (Å²) in [6.45, 7) is 1.04. The zero-order valence-electron chi connectivity index (χ0n) is 11.5. The van der Waals surface area contributed by atoms with Gasteiger partial charge in [-0.2, -0.15) is 0 Å². The highest BCUT2D eigenvalue weighted by Crippen LogP contribution is 2.35. The Balaban J connectivity index is 1.72. The summed E-state index contributed by atoms with van der Waals surface area (Å²) >= 11 is 0. The van der Waals surface area contributed by atoms with Gasteiger partial charge in [0.25, 0.3) is 0 Å². The van der Waals surface area contributed by atoms with Gasteiger partial charge in [-0.25, -0.2) is 9.37 Å². The molecule has 1 aromatic heterocycles. The molecule has 1 aliphatic rings. The third-order valence-electron chi connectivity index (χ3n) is 3.45. The summed E-state index contributed by atoms with van der Waals surface area (Å²) in [5, 5.41) is 3.02. The lowest BCUT2D eigenvalue weighted by Gasteiger charge is -2.12. The van der Waals surface area contributed by atoms with Gasteiger partial charge in [0.2, 0.25) is 0 Å². The predicted octanol–water partition coefficient (Wildman–Crippen LogP) is 2.66. The van der Waals surface area contributed by atoms with Crippen molar-refractivity contribution in [3.05, 3.63) is 47.8 Å². The largest absolute Gasteiger partial charge is 0.487 e.